The fourth-order valence-electron chi connectivity index (χ4n) is 2.74. The van der Waals surface area contributed by atoms with Gasteiger partial charge in [0, 0.05) is 6.42 Å². The predicted molar refractivity (Wildman–Crippen MR) is 113 cm³/mol. The third kappa shape index (κ3) is 10.7. The molecule has 3 unspecified atom stereocenters. The molecule has 0 aliphatic rings. The first-order chi connectivity index (χ1) is 15.5. The number of nitrogens with two attached hydrogens (primary N) is 2. The second-order valence-electron chi connectivity index (χ2n) is 7.13. The molecule has 1 aromatic rings. The highest BCUT2D eigenvalue weighted by atomic mass is 16.4. The minimum atomic E-state index is -1.49. The molecule has 3 atom stereocenters. The molecule has 0 saturated carbocycles. The molecule has 13 nitrogen and oxygen atoms in total. The van der Waals surface area contributed by atoms with Crippen LogP contribution in [0.5, 0.6) is 0 Å². The zero-order chi connectivity index (χ0) is 25.0. The number of carboxylic acid groups (broad SMARTS) is 2. The summed E-state index contributed by atoms with van der Waals surface area (Å²) < 4.78 is 0. The van der Waals surface area contributed by atoms with Gasteiger partial charge in [0.05, 0.1) is 12.5 Å². The maximum absolute atomic E-state index is 12.7. The predicted octanol–water partition coefficient (Wildman–Crippen LogP) is -2.53. The van der Waals surface area contributed by atoms with Gasteiger partial charge in [-0.25, -0.2) is 0 Å². The molecule has 4 amide bonds. The molecule has 13 heteroatoms. The van der Waals surface area contributed by atoms with E-state index in [4.69, 9.17) is 21.7 Å². The summed E-state index contributed by atoms with van der Waals surface area (Å²) in [6.07, 6.45) is -1.34. The van der Waals surface area contributed by atoms with Crippen LogP contribution in [0.25, 0.3) is 0 Å². The van der Waals surface area contributed by atoms with Crippen LogP contribution < -0.4 is 27.4 Å². The van der Waals surface area contributed by atoms with Crippen LogP contribution in [0.3, 0.4) is 0 Å². The van der Waals surface area contributed by atoms with Gasteiger partial charge < -0.3 is 37.6 Å². The van der Waals surface area contributed by atoms with E-state index in [2.05, 4.69) is 10.6 Å². The number of benzene rings is 1. The van der Waals surface area contributed by atoms with Gasteiger partial charge >= 0.3 is 11.9 Å². The summed E-state index contributed by atoms with van der Waals surface area (Å²) in [4.78, 5) is 70.2. The van der Waals surface area contributed by atoms with Gasteiger partial charge in [0.15, 0.2) is 0 Å². The number of primary amides is 1. The Balaban J connectivity index is 2.88. The van der Waals surface area contributed by atoms with E-state index in [0.717, 1.165) is 5.56 Å². The van der Waals surface area contributed by atoms with Crippen molar-refractivity contribution in [3.8, 4) is 0 Å². The number of carbonyl (C=O) groups is 6. The Morgan fingerprint density at radius 2 is 1.45 bits per heavy atom. The van der Waals surface area contributed by atoms with E-state index >= 15 is 0 Å². The quantitative estimate of drug-likeness (QED) is 0.153. The van der Waals surface area contributed by atoms with Crippen LogP contribution in [-0.4, -0.2) is 70.5 Å². The van der Waals surface area contributed by atoms with Crippen molar-refractivity contribution in [1.29, 1.82) is 0 Å². The van der Waals surface area contributed by atoms with Gasteiger partial charge in [0.25, 0.3) is 0 Å². The molecule has 0 aliphatic heterocycles. The SMILES string of the molecule is NC(=O)CC(NC(=O)C(N)Cc1ccccc1)C(=O)NC(CCC(=O)O)C(=O)NCC(=O)O. The number of amides is 4. The second kappa shape index (κ2) is 13.4. The van der Waals surface area contributed by atoms with E-state index in [1.165, 1.54) is 0 Å². The minimum Gasteiger partial charge on any atom is -0.481 e. The zero-order valence-electron chi connectivity index (χ0n) is 17.7. The highest BCUT2D eigenvalue weighted by Crippen LogP contribution is 2.04. The molecule has 0 aliphatic carbocycles. The molecule has 33 heavy (non-hydrogen) atoms. The Hall–Kier alpha value is -4.00. The van der Waals surface area contributed by atoms with Crippen LogP contribution in [0.1, 0.15) is 24.8 Å². The van der Waals surface area contributed by atoms with E-state index in [1.807, 2.05) is 5.32 Å². The summed E-state index contributed by atoms with van der Waals surface area (Å²) in [5.41, 5.74) is 11.8. The number of hydrogen-bond donors (Lipinski definition) is 7. The molecule has 0 spiro atoms. The van der Waals surface area contributed by atoms with Crippen molar-refractivity contribution in [3.05, 3.63) is 35.9 Å². The Morgan fingerprint density at radius 3 is 2.00 bits per heavy atom. The van der Waals surface area contributed by atoms with Crippen LogP contribution in [0.2, 0.25) is 0 Å². The third-order valence-corrected chi connectivity index (χ3v) is 4.37. The molecule has 0 heterocycles. The number of nitrogens with one attached hydrogen (secondary N) is 3. The van der Waals surface area contributed by atoms with E-state index in [9.17, 15) is 28.8 Å². The number of carbonyl (C=O) groups excluding carboxylic acids is 4. The molecular formula is C20H27N5O8. The lowest BCUT2D eigenvalue weighted by Crippen LogP contribution is -2.57. The summed E-state index contributed by atoms with van der Waals surface area (Å²) in [5, 5.41) is 24.1. The van der Waals surface area contributed by atoms with Crippen molar-refractivity contribution in [3.63, 3.8) is 0 Å². The van der Waals surface area contributed by atoms with Crippen LogP contribution in [0, 0.1) is 0 Å². The van der Waals surface area contributed by atoms with Gasteiger partial charge in [-0.05, 0) is 18.4 Å². The maximum Gasteiger partial charge on any atom is 0.322 e. The molecule has 0 radical (unpaired) electrons. The van der Waals surface area contributed by atoms with E-state index < -0.39 is 73.1 Å². The Kier molecular flexibility index (Phi) is 11.0. The van der Waals surface area contributed by atoms with Gasteiger partial charge in [0.2, 0.25) is 23.6 Å². The molecule has 1 aromatic carbocycles. The van der Waals surface area contributed by atoms with Crippen molar-refractivity contribution in [2.24, 2.45) is 11.5 Å². The molecule has 0 aromatic heterocycles. The van der Waals surface area contributed by atoms with E-state index in [1.54, 1.807) is 30.3 Å². The van der Waals surface area contributed by atoms with Gasteiger partial charge in [-0.1, -0.05) is 30.3 Å². The third-order valence-electron chi connectivity index (χ3n) is 4.37. The van der Waals surface area contributed by atoms with Gasteiger partial charge in [-0.15, -0.1) is 0 Å². The van der Waals surface area contributed by atoms with Crippen molar-refractivity contribution in [1.82, 2.24) is 16.0 Å². The topological polar surface area (TPSA) is 231 Å². The van der Waals surface area contributed by atoms with Crippen LogP contribution in [0.15, 0.2) is 30.3 Å². The average Bonchev–Trinajstić information content (AvgIpc) is 2.74. The van der Waals surface area contributed by atoms with Crippen molar-refractivity contribution in [2.75, 3.05) is 6.54 Å². The van der Waals surface area contributed by atoms with Crippen molar-refractivity contribution in [2.45, 2.75) is 43.8 Å². The Labute approximate surface area is 188 Å². The zero-order valence-corrected chi connectivity index (χ0v) is 17.7. The summed E-state index contributed by atoms with van der Waals surface area (Å²) in [6, 6.07) is 4.83. The van der Waals surface area contributed by atoms with Crippen molar-refractivity contribution < 1.29 is 39.0 Å². The lowest BCUT2D eigenvalue weighted by Gasteiger charge is -2.23. The summed E-state index contributed by atoms with van der Waals surface area (Å²) in [6.45, 7) is -0.756. The first-order valence-electron chi connectivity index (χ1n) is 9.89. The lowest BCUT2D eigenvalue weighted by atomic mass is 10.0. The molecule has 9 N–H and O–H groups in total. The monoisotopic (exact) mass is 465 g/mol. The second-order valence-corrected chi connectivity index (χ2v) is 7.13. The number of aliphatic carboxylic acids is 2. The summed E-state index contributed by atoms with van der Waals surface area (Å²) in [7, 11) is 0. The lowest BCUT2D eigenvalue weighted by molar-refractivity contribution is -0.140. The standard InChI is InChI=1S/C20H27N5O8/c21-12(8-11-4-2-1-3-5-11)18(31)25-14(9-15(22)26)20(33)24-13(6-7-16(27)28)19(32)23-10-17(29)30/h1-5,12-14H,6-10,21H2,(H2,22,26)(H,23,32)(H,24,33)(H,25,31)(H,27,28)(H,29,30). The van der Waals surface area contributed by atoms with Gasteiger partial charge in [0.1, 0.15) is 18.6 Å². The van der Waals surface area contributed by atoms with Crippen LogP contribution in [-0.2, 0) is 35.2 Å². The number of rotatable bonds is 14. The molecule has 0 bridgehead atoms. The molecule has 180 valence electrons. The first kappa shape index (κ1) is 27.0. The fourth-order valence-corrected chi connectivity index (χ4v) is 2.74. The first-order valence-corrected chi connectivity index (χ1v) is 9.89. The molecule has 0 saturated heterocycles. The molecule has 0 fully saturated rings. The molecular weight excluding hydrogens is 438 g/mol. The summed E-state index contributed by atoms with van der Waals surface area (Å²) in [5.74, 6) is -6.22. The van der Waals surface area contributed by atoms with Gasteiger partial charge in [-0.3, -0.25) is 28.8 Å². The fraction of sp³-hybridized carbons (Fsp3) is 0.400. The van der Waals surface area contributed by atoms with E-state index in [0.29, 0.717) is 0 Å². The van der Waals surface area contributed by atoms with Crippen LogP contribution in [0.4, 0.5) is 0 Å². The highest BCUT2D eigenvalue weighted by Gasteiger charge is 2.29. The largest absolute Gasteiger partial charge is 0.481 e. The number of carboxylic acids is 2. The van der Waals surface area contributed by atoms with Crippen molar-refractivity contribution >= 4 is 35.6 Å². The van der Waals surface area contributed by atoms with E-state index in [-0.39, 0.29) is 12.8 Å². The summed E-state index contributed by atoms with van der Waals surface area (Å²) >= 11 is 0. The number of hydrogen-bond acceptors (Lipinski definition) is 7. The average molecular weight is 465 g/mol. The normalized spacial score (nSPS) is 13.1. The minimum absolute atomic E-state index is 0.149. The van der Waals surface area contributed by atoms with Crippen LogP contribution >= 0.6 is 0 Å². The molecule has 1 rings (SSSR count). The van der Waals surface area contributed by atoms with Gasteiger partial charge in [-0.2, -0.15) is 0 Å². The smallest absolute Gasteiger partial charge is 0.322 e. The highest BCUT2D eigenvalue weighted by molar-refractivity contribution is 5.96. The maximum atomic E-state index is 12.7. The Morgan fingerprint density at radius 1 is 0.848 bits per heavy atom. The Bertz CT molecular complexity index is 876.